The molecule has 2 aromatic rings. The number of rotatable bonds is 7. The second kappa shape index (κ2) is 8.58. The molecule has 25 heavy (non-hydrogen) atoms. The molecular weight excluding hydrogens is 324 g/mol. The molecule has 0 bridgehead atoms. The van der Waals surface area contributed by atoms with Crippen LogP contribution in [0.5, 0.6) is 17.2 Å². The van der Waals surface area contributed by atoms with E-state index in [-0.39, 0.29) is 18.4 Å². The first-order valence-electron chi connectivity index (χ1n) is 7.51. The van der Waals surface area contributed by atoms with Gasteiger partial charge in [-0.25, -0.2) is 0 Å². The lowest BCUT2D eigenvalue weighted by Crippen LogP contribution is -2.32. The molecule has 0 radical (unpaired) electrons. The van der Waals surface area contributed by atoms with Gasteiger partial charge < -0.3 is 24.8 Å². The summed E-state index contributed by atoms with van der Waals surface area (Å²) in [6, 6.07) is 11.7. The highest BCUT2D eigenvalue weighted by atomic mass is 16.5. The first kappa shape index (κ1) is 18.1. The maximum Gasteiger partial charge on any atom is 0.251 e. The number of ether oxygens (including phenoxy) is 3. The third-order valence-electron chi connectivity index (χ3n) is 3.43. The molecule has 0 aromatic heterocycles. The predicted octanol–water partition coefficient (Wildman–Crippen LogP) is 2.08. The minimum Gasteiger partial charge on any atom is -0.497 e. The van der Waals surface area contributed by atoms with Crippen molar-refractivity contribution in [2.24, 2.45) is 0 Å². The molecule has 0 aliphatic carbocycles. The summed E-state index contributed by atoms with van der Waals surface area (Å²) in [5, 5.41) is 5.25. The first-order chi connectivity index (χ1) is 12.1. The van der Waals surface area contributed by atoms with E-state index in [0.29, 0.717) is 28.5 Å². The van der Waals surface area contributed by atoms with Gasteiger partial charge >= 0.3 is 0 Å². The van der Waals surface area contributed by atoms with Crippen molar-refractivity contribution in [3.63, 3.8) is 0 Å². The summed E-state index contributed by atoms with van der Waals surface area (Å²) in [6.07, 6.45) is 0. The quantitative estimate of drug-likeness (QED) is 0.803. The standard InChI is InChI=1S/C18H20N2O5/c1-23-14-7-5-13(6-8-14)20-17(21)11-19-18(22)12-4-9-15(24-2)16(10-12)25-3/h4-10H,11H2,1-3H3,(H,19,22)(H,20,21). The molecule has 132 valence electrons. The van der Waals surface area contributed by atoms with Crippen molar-refractivity contribution in [1.82, 2.24) is 5.32 Å². The van der Waals surface area contributed by atoms with E-state index in [4.69, 9.17) is 14.2 Å². The van der Waals surface area contributed by atoms with E-state index >= 15 is 0 Å². The summed E-state index contributed by atoms with van der Waals surface area (Å²) in [5.41, 5.74) is 0.987. The third kappa shape index (κ3) is 4.87. The molecule has 0 spiro atoms. The van der Waals surface area contributed by atoms with Crippen LogP contribution in [0.1, 0.15) is 10.4 Å². The Hall–Kier alpha value is -3.22. The molecule has 0 unspecified atom stereocenters. The normalized spacial score (nSPS) is 9.88. The number of nitrogens with one attached hydrogen (secondary N) is 2. The predicted molar refractivity (Wildman–Crippen MR) is 93.5 cm³/mol. The van der Waals surface area contributed by atoms with E-state index in [9.17, 15) is 9.59 Å². The number of anilines is 1. The van der Waals surface area contributed by atoms with Gasteiger partial charge in [0.05, 0.1) is 27.9 Å². The van der Waals surface area contributed by atoms with Gasteiger partial charge in [0.25, 0.3) is 5.91 Å². The lowest BCUT2D eigenvalue weighted by atomic mass is 10.2. The van der Waals surface area contributed by atoms with E-state index in [1.54, 1.807) is 49.6 Å². The van der Waals surface area contributed by atoms with Gasteiger partial charge in [-0.1, -0.05) is 0 Å². The molecule has 0 aliphatic heterocycles. The van der Waals surface area contributed by atoms with Gasteiger partial charge in [0.1, 0.15) is 5.75 Å². The highest BCUT2D eigenvalue weighted by Gasteiger charge is 2.12. The Bertz CT molecular complexity index is 744. The summed E-state index contributed by atoms with van der Waals surface area (Å²) >= 11 is 0. The Morgan fingerprint density at radius 1 is 0.880 bits per heavy atom. The van der Waals surface area contributed by atoms with Gasteiger partial charge in [-0.15, -0.1) is 0 Å². The van der Waals surface area contributed by atoms with Crippen molar-refractivity contribution in [1.29, 1.82) is 0 Å². The van der Waals surface area contributed by atoms with E-state index in [1.165, 1.54) is 14.2 Å². The number of amides is 2. The van der Waals surface area contributed by atoms with Gasteiger partial charge in [-0.05, 0) is 42.5 Å². The Morgan fingerprint density at radius 2 is 1.56 bits per heavy atom. The van der Waals surface area contributed by atoms with Gasteiger partial charge in [0.15, 0.2) is 11.5 Å². The monoisotopic (exact) mass is 344 g/mol. The SMILES string of the molecule is COc1ccc(NC(=O)CNC(=O)c2ccc(OC)c(OC)c2)cc1. The van der Waals surface area contributed by atoms with Crippen molar-refractivity contribution in [3.8, 4) is 17.2 Å². The molecular formula is C18H20N2O5. The fourth-order valence-electron chi connectivity index (χ4n) is 2.12. The molecule has 0 fully saturated rings. The Kier molecular flexibility index (Phi) is 6.22. The Balaban J connectivity index is 1.91. The molecule has 0 saturated carbocycles. The van der Waals surface area contributed by atoms with Crippen LogP contribution in [0.2, 0.25) is 0 Å². The van der Waals surface area contributed by atoms with Crippen molar-refractivity contribution >= 4 is 17.5 Å². The number of methoxy groups -OCH3 is 3. The maximum absolute atomic E-state index is 12.1. The van der Waals surface area contributed by atoms with Crippen molar-refractivity contribution in [2.45, 2.75) is 0 Å². The Labute approximate surface area is 145 Å². The largest absolute Gasteiger partial charge is 0.497 e. The highest BCUT2D eigenvalue weighted by molar-refractivity contribution is 5.99. The van der Waals surface area contributed by atoms with Crippen LogP contribution in [0.25, 0.3) is 0 Å². The second-order valence-electron chi connectivity index (χ2n) is 5.03. The summed E-state index contributed by atoms with van der Waals surface area (Å²) < 4.78 is 15.3. The average Bonchev–Trinajstić information content (AvgIpc) is 2.66. The molecule has 2 N–H and O–H groups in total. The van der Waals surface area contributed by atoms with Gasteiger partial charge in [-0.2, -0.15) is 0 Å². The lowest BCUT2D eigenvalue weighted by molar-refractivity contribution is -0.115. The van der Waals surface area contributed by atoms with Crippen LogP contribution < -0.4 is 24.8 Å². The van der Waals surface area contributed by atoms with Gasteiger partial charge in [-0.3, -0.25) is 9.59 Å². The van der Waals surface area contributed by atoms with Crippen LogP contribution in [0.3, 0.4) is 0 Å². The molecule has 7 nitrogen and oxygen atoms in total. The van der Waals surface area contributed by atoms with Gasteiger partial charge in [0, 0.05) is 11.3 Å². The number of carbonyl (C=O) groups is 2. The molecule has 0 atom stereocenters. The summed E-state index contributed by atoms with van der Waals surface area (Å²) in [5.74, 6) is 0.943. The van der Waals surface area contributed by atoms with E-state index in [2.05, 4.69) is 10.6 Å². The van der Waals surface area contributed by atoms with E-state index < -0.39 is 0 Å². The van der Waals surface area contributed by atoms with E-state index in [0.717, 1.165) is 0 Å². The Morgan fingerprint density at radius 3 is 2.16 bits per heavy atom. The fourth-order valence-corrected chi connectivity index (χ4v) is 2.12. The van der Waals surface area contributed by atoms with Crippen molar-refractivity contribution in [2.75, 3.05) is 33.2 Å². The van der Waals surface area contributed by atoms with Crippen molar-refractivity contribution in [3.05, 3.63) is 48.0 Å². The van der Waals surface area contributed by atoms with Crippen molar-refractivity contribution < 1.29 is 23.8 Å². The van der Waals surface area contributed by atoms with E-state index in [1.807, 2.05) is 0 Å². The second-order valence-corrected chi connectivity index (χ2v) is 5.03. The number of hydrogen-bond donors (Lipinski definition) is 2. The maximum atomic E-state index is 12.1. The fraction of sp³-hybridized carbons (Fsp3) is 0.222. The average molecular weight is 344 g/mol. The minimum atomic E-state index is -0.383. The summed E-state index contributed by atoms with van der Waals surface area (Å²) in [4.78, 5) is 24.1. The van der Waals surface area contributed by atoms with Crippen LogP contribution in [0, 0.1) is 0 Å². The van der Waals surface area contributed by atoms with Crippen LogP contribution >= 0.6 is 0 Å². The number of benzene rings is 2. The third-order valence-corrected chi connectivity index (χ3v) is 3.43. The molecule has 2 amide bonds. The molecule has 2 aromatic carbocycles. The minimum absolute atomic E-state index is 0.154. The summed E-state index contributed by atoms with van der Waals surface area (Å²) in [6.45, 7) is -0.154. The number of carbonyl (C=O) groups excluding carboxylic acids is 2. The van der Waals surface area contributed by atoms with Crippen LogP contribution in [-0.2, 0) is 4.79 Å². The zero-order valence-electron chi connectivity index (χ0n) is 14.3. The first-order valence-corrected chi connectivity index (χ1v) is 7.51. The van der Waals surface area contributed by atoms with Crippen LogP contribution in [0.15, 0.2) is 42.5 Å². The van der Waals surface area contributed by atoms with Crippen LogP contribution in [0.4, 0.5) is 5.69 Å². The highest BCUT2D eigenvalue weighted by Crippen LogP contribution is 2.27. The van der Waals surface area contributed by atoms with Gasteiger partial charge in [0.2, 0.25) is 5.91 Å². The zero-order chi connectivity index (χ0) is 18.2. The molecule has 2 rings (SSSR count). The van der Waals surface area contributed by atoms with Crippen LogP contribution in [-0.4, -0.2) is 39.7 Å². The number of hydrogen-bond acceptors (Lipinski definition) is 5. The smallest absolute Gasteiger partial charge is 0.251 e. The summed E-state index contributed by atoms with van der Waals surface area (Å²) in [7, 11) is 4.57. The molecule has 0 heterocycles. The molecule has 0 saturated heterocycles. The zero-order valence-corrected chi connectivity index (χ0v) is 14.3. The lowest BCUT2D eigenvalue weighted by Gasteiger charge is -2.10. The molecule has 7 heteroatoms. The topological polar surface area (TPSA) is 85.9 Å². The molecule has 0 aliphatic rings.